The summed E-state index contributed by atoms with van der Waals surface area (Å²) in [6.45, 7) is -4.98. The molecule has 3 amide bonds. The predicted molar refractivity (Wildman–Crippen MR) is 272 cm³/mol. The van der Waals surface area contributed by atoms with E-state index in [9.17, 15) is 151 Å². The number of ether oxygens (including phenoxy) is 11. The second-order valence-electron chi connectivity index (χ2n) is 20.8. The molecule has 0 bridgehead atoms. The zero-order valence-electron chi connectivity index (χ0n) is 48.0. The quantitative estimate of drug-likeness (QED) is 0.0399. The molecule has 6 aliphatic rings. The molecule has 0 spiro atoms. The highest BCUT2D eigenvalue weighted by Gasteiger charge is 2.56. The van der Waals surface area contributed by atoms with Crippen LogP contribution < -0.4 is 32.5 Å². The third-order valence-corrected chi connectivity index (χ3v) is 14.2. The molecule has 6 saturated heterocycles. The van der Waals surface area contributed by atoms with Crippen LogP contribution in [0.25, 0.3) is 0 Å². The van der Waals surface area contributed by atoms with Gasteiger partial charge in [0.1, 0.15) is 159 Å². The Bertz CT molecular complexity index is 2330. The van der Waals surface area contributed by atoms with Crippen molar-refractivity contribution < 1.29 is 209 Å². The fraction of sp³-hybridized carbons (Fsp3) is 0.833. The number of aliphatic hydroxyl groups is 22. The van der Waals surface area contributed by atoms with E-state index < -0.39 is 285 Å². The number of amides is 3. The zero-order chi connectivity index (χ0) is 70.8. The van der Waals surface area contributed by atoms with Gasteiger partial charge in [0.2, 0.25) is 17.7 Å². The Morgan fingerprint density at radius 2 is 0.667 bits per heavy atom. The van der Waals surface area contributed by atoms with Crippen LogP contribution in [0.2, 0.25) is 0 Å². The molecule has 0 aliphatic carbocycles. The van der Waals surface area contributed by atoms with Gasteiger partial charge in [-0.05, 0) is 6.08 Å². The first-order valence-electron chi connectivity index (χ1n) is 27.4. The standard InChI is InChI=1S/C22H37NO19.C18H32O16.C4H7NO4.C4H5NO3/c23-9(27)1-5(19(34)35)37-18-11(29)10(28)6(2-24)39-22(18)42-17-8(4-26)40-21(15(33)13(17)31)41-16-7(3-25)38-20(36)14(32)12(16)30;19-1-4-7(22)8(23)12(27)17(31-4)34-15-6(3-21)32-18(13(28)10(15)25)33-14-5(2-20)30-16(29)11(26)9(14)24;5-3(7)1-2(6)4(8)9;5-3(6)1-2-4(7)8/h5-8,10-18,20-22,24-26,28-33,36H,1-4H2,(H2,23,27)(H,34,35);4-29H,1-3H2;2,6H,1H2,(H2,5,7)(H,8,9);1-2H,(H2,5,6)(H,7,8)/p-3. The van der Waals surface area contributed by atoms with Gasteiger partial charge in [-0.15, -0.1) is 0 Å². The molecule has 6 rings (SSSR count). The molecule has 32 unspecified atom stereocenters. The van der Waals surface area contributed by atoms with E-state index in [2.05, 4.69) is 11.5 Å². The summed E-state index contributed by atoms with van der Waals surface area (Å²) >= 11 is 0. The summed E-state index contributed by atoms with van der Waals surface area (Å²) in [5, 5.41) is 249. The number of primary amides is 3. The van der Waals surface area contributed by atoms with E-state index in [4.69, 9.17) is 62.9 Å². The van der Waals surface area contributed by atoms with E-state index in [1.54, 1.807) is 0 Å². The van der Waals surface area contributed by atoms with E-state index in [1.165, 1.54) is 0 Å². The first-order valence-corrected chi connectivity index (χ1v) is 27.4. The largest absolute Gasteiger partial charge is 0.547 e. The summed E-state index contributed by atoms with van der Waals surface area (Å²) in [5.74, 6) is -7.85. The molecule has 45 nitrogen and oxygen atoms in total. The van der Waals surface area contributed by atoms with Crippen LogP contribution in [-0.4, -0.2) is 384 Å². The van der Waals surface area contributed by atoms with Gasteiger partial charge in [0.15, 0.2) is 37.7 Å². The molecule has 0 aromatic rings. The van der Waals surface area contributed by atoms with Crippen molar-refractivity contribution in [3.8, 4) is 0 Å². The number of hydrogen-bond donors (Lipinski definition) is 25. The zero-order valence-corrected chi connectivity index (χ0v) is 48.0. The van der Waals surface area contributed by atoms with Crippen molar-refractivity contribution in [3.05, 3.63) is 12.2 Å². The minimum Gasteiger partial charge on any atom is -0.547 e. The number of nitrogens with two attached hydrogens (primary N) is 3. The second kappa shape index (κ2) is 38.3. The molecule has 93 heavy (non-hydrogen) atoms. The summed E-state index contributed by atoms with van der Waals surface area (Å²) in [4.78, 5) is 61.6. The van der Waals surface area contributed by atoms with Crippen molar-refractivity contribution in [1.29, 1.82) is 0 Å². The summed E-state index contributed by atoms with van der Waals surface area (Å²) < 4.78 is 58.5. The number of hydrogen-bond acceptors (Lipinski definition) is 42. The highest BCUT2D eigenvalue weighted by molar-refractivity contribution is 5.92. The molecular formula is C48H78N3O42-3. The Kier molecular flexibility index (Phi) is 33.9. The Morgan fingerprint density at radius 3 is 0.968 bits per heavy atom. The summed E-state index contributed by atoms with van der Waals surface area (Å²) in [6.07, 6.45) is -56.5. The van der Waals surface area contributed by atoms with Gasteiger partial charge < -0.3 is 211 Å². The van der Waals surface area contributed by atoms with Crippen molar-refractivity contribution >= 4 is 35.6 Å². The maximum absolute atomic E-state index is 11.5. The number of aliphatic hydroxyl groups excluding tert-OH is 22. The molecule has 540 valence electrons. The molecule has 0 saturated carbocycles. The maximum atomic E-state index is 11.5. The highest BCUT2D eigenvalue weighted by atomic mass is 16.8. The van der Waals surface area contributed by atoms with Gasteiger partial charge in [-0.3, -0.25) is 14.4 Å². The van der Waals surface area contributed by atoms with Gasteiger partial charge in [0.25, 0.3) is 0 Å². The SMILES string of the molecule is NC(=O)C=CC(=O)[O-].NC(=O)CC(O)C(=O)[O-].NC(=O)CC(OC1C(OC2C(CO)OC(OC3C(CO)OC(O)C(O)C3O)C(O)C2O)OC(CO)C(O)C1O)C(=O)[O-].OCC1OC(OC2C(CO)OC(OC3C(CO)OC(O)C(O)C3O)C(O)C2O)C(O)C(O)C1O. The third kappa shape index (κ3) is 22.4. The lowest BCUT2D eigenvalue weighted by Crippen LogP contribution is -2.67. The third-order valence-electron chi connectivity index (χ3n) is 14.2. The van der Waals surface area contributed by atoms with Crippen molar-refractivity contribution in [1.82, 2.24) is 0 Å². The average Bonchev–Trinajstić information content (AvgIpc) is 0.798. The molecule has 6 aliphatic heterocycles. The van der Waals surface area contributed by atoms with Gasteiger partial charge >= 0.3 is 0 Å². The van der Waals surface area contributed by atoms with Crippen molar-refractivity contribution in [2.75, 3.05) is 39.6 Å². The van der Waals surface area contributed by atoms with Gasteiger partial charge in [-0.1, -0.05) is 0 Å². The van der Waals surface area contributed by atoms with Crippen molar-refractivity contribution in [2.24, 2.45) is 17.2 Å². The molecule has 32 atom stereocenters. The smallest absolute Gasteiger partial charge is 0.241 e. The van der Waals surface area contributed by atoms with Gasteiger partial charge in [-0.2, -0.15) is 0 Å². The lowest BCUT2D eigenvalue weighted by Gasteiger charge is -2.48. The lowest BCUT2D eigenvalue weighted by atomic mass is 9.96. The minimum absolute atomic E-state index is 0.572. The van der Waals surface area contributed by atoms with Crippen molar-refractivity contribution in [3.63, 3.8) is 0 Å². The van der Waals surface area contributed by atoms with Gasteiger partial charge in [-0.25, -0.2) is 0 Å². The van der Waals surface area contributed by atoms with Crippen LogP contribution in [0, 0.1) is 0 Å². The van der Waals surface area contributed by atoms with Crippen LogP contribution in [0.3, 0.4) is 0 Å². The van der Waals surface area contributed by atoms with E-state index >= 15 is 0 Å². The summed E-state index contributed by atoms with van der Waals surface area (Å²) in [6, 6.07) is 0. The van der Waals surface area contributed by atoms with Gasteiger partial charge in [0.05, 0.1) is 70.4 Å². The molecule has 0 radical (unpaired) electrons. The average molecular weight is 1370 g/mol. The Hall–Kier alpha value is -4.76. The number of aliphatic carboxylic acids is 3. The first-order chi connectivity index (χ1) is 43.5. The maximum Gasteiger partial charge on any atom is 0.241 e. The first kappa shape index (κ1) is 82.5. The van der Waals surface area contributed by atoms with E-state index in [0.29, 0.717) is 6.08 Å². The van der Waals surface area contributed by atoms with Crippen LogP contribution in [0.1, 0.15) is 12.8 Å². The molecule has 45 heteroatoms. The van der Waals surface area contributed by atoms with E-state index in [-0.39, 0.29) is 0 Å². The number of carbonyl (C=O) groups is 6. The Balaban J connectivity index is 0.000000392. The number of rotatable bonds is 24. The monoisotopic (exact) mass is 1370 g/mol. The molecular weight excluding hydrogens is 1290 g/mol. The molecule has 6 heterocycles. The second-order valence-corrected chi connectivity index (χ2v) is 20.8. The molecule has 28 N–H and O–H groups in total. The summed E-state index contributed by atoms with van der Waals surface area (Å²) in [5.41, 5.74) is 14.1. The highest BCUT2D eigenvalue weighted by Crippen LogP contribution is 2.35. The van der Waals surface area contributed by atoms with Crippen LogP contribution in [0.5, 0.6) is 0 Å². The van der Waals surface area contributed by atoms with Gasteiger partial charge in [0, 0.05) is 6.08 Å². The molecule has 0 aromatic carbocycles. The Labute approximate surface area is 521 Å². The fourth-order valence-corrected chi connectivity index (χ4v) is 9.23. The normalized spacial score (nSPS) is 41.7. The molecule has 0 aromatic heterocycles. The molecule has 6 fully saturated rings. The number of carbonyl (C=O) groups excluding carboxylic acids is 6. The van der Waals surface area contributed by atoms with Crippen LogP contribution in [0.4, 0.5) is 0 Å². The van der Waals surface area contributed by atoms with E-state index in [0.717, 1.165) is 6.08 Å². The number of carboxylic acid groups (broad SMARTS) is 3. The van der Waals surface area contributed by atoms with Crippen LogP contribution in [-0.2, 0) is 80.9 Å². The minimum atomic E-state index is -2.07. The topological polar surface area (TPSA) is 796 Å². The predicted octanol–water partition coefficient (Wildman–Crippen LogP) is -22.4. The van der Waals surface area contributed by atoms with Crippen molar-refractivity contribution in [2.45, 2.75) is 209 Å². The summed E-state index contributed by atoms with van der Waals surface area (Å²) in [7, 11) is 0. The Morgan fingerprint density at radius 1 is 0.366 bits per heavy atom. The van der Waals surface area contributed by atoms with Crippen LogP contribution >= 0.6 is 0 Å². The lowest BCUT2D eigenvalue weighted by molar-refractivity contribution is -0.382. The number of carboxylic acids is 3. The van der Waals surface area contributed by atoms with Crippen LogP contribution in [0.15, 0.2) is 12.2 Å². The fourth-order valence-electron chi connectivity index (χ4n) is 9.23. The van der Waals surface area contributed by atoms with E-state index in [1.807, 2.05) is 0 Å².